The number of amides is 2. The Labute approximate surface area is 284 Å². The third-order valence-corrected chi connectivity index (χ3v) is 8.96. The fourth-order valence-corrected chi connectivity index (χ4v) is 6.07. The highest BCUT2D eigenvalue weighted by atomic mass is 16.5. The van der Waals surface area contributed by atoms with E-state index >= 15 is 0 Å². The molecule has 248 valence electrons. The number of piperazine rings is 1. The Hall–Kier alpha value is -5.94. The molecule has 0 aliphatic carbocycles. The molecule has 1 fully saturated rings. The molecule has 49 heavy (non-hydrogen) atoms. The summed E-state index contributed by atoms with van der Waals surface area (Å²) in [5, 5.41) is 0.903. The molecule has 2 aromatic carbocycles. The van der Waals surface area contributed by atoms with Gasteiger partial charge in [-0.1, -0.05) is 12.1 Å². The lowest BCUT2D eigenvalue weighted by molar-refractivity contribution is 0.0619. The van der Waals surface area contributed by atoms with Gasteiger partial charge in [0, 0.05) is 82.4 Å². The molecular weight excluding hydrogens is 618 g/mol. The number of aryl methyl sites for hydroxylation is 1. The number of anilines is 1. The molecule has 7 rings (SSSR count). The summed E-state index contributed by atoms with van der Waals surface area (Å²) in [5.41, 5.74) is 3.90. The number of pyridine rings is 2. The minimum Gasteiger partial charge on any atom is -0.497 e. The molecule has 2 amide bonds. The second-order valence-corrected chi connectivity index (χ2v) is 12.0. The van der Waals surface area contributed by atoms with Crippen LogP contribution in [0.25, 0.3) is 16.7 Å². The molecule has 11 nitrogen and oxygen atoms in total. The average molecular weight is 656 g/mol. The Kier molecular flexibility index (Phi) is 8.82. The van der Waals surface area contributed by atoms with Crippen LogP contribution in [-0.2, 0) is 13.6 Å². The molecule has 0 spiro atoms. The van der Waals surface area contributed by atoms with Gasteiger partial charge in [-0.2, -0.15) is 0 Å². The number of aromatic nitrogens is 4. The van der Waals surface area contributed by atoms with Crippen molar-refractivity contribution in [2.24, 2.45) is 7.05 Å². The third kappa shape index (κ3) is 6.74. The maximum Gasteiger partial charge on any atom is 0.270 e. The summed E-state index contributed by atoms with van der Waals surface area (Å²) in [6.07, 6.45) is 6.97. The molecule has 5 heterocycles. The number of hydrogen-bond acceptors (Lipinski definition) is 7. The molecule has 0 bridgehead atoms. The quantitative estimate of drug-likeness (QED) is 0.194. The number of hydrogen-bond donors (Lipinski definition) is 0. The molecule has 11 heteroatoms. The first-order valence-electron chi connectivity index (χ1n) is 16.1. The zero-order valence-corrected chi connectivity index (χ0v) is 27.7. The first-order valence-corrected chi connectivity index (χ1v) is 16.1. The van der Waals surface area contributed by atoms with Gasteiger partial charge in [0.15, 0.2) is 0 Å². The molecule has 0 unspecified atom stereocenters. The van der Waals surface area contributed by atoms with Gasteiger partial charge >= 0.3 is 0 Å². The number of nitrogens with zero attached hydrogens (tertiary/aromatic N) is 7. The van der Waals surface area contributed by atoms with Gasteiger partial charge in [-0.05, 0) is 72.3 Å². The first-order chi connectivity index (χ1) is 23.9. The second-order valence-electron chi connectivity index (χ2n) is 12.0. The summed E-state index contributed by atoms with van der Waals surface area (Å²) < 4.78 is 15.2. The van der Waals surface area contributed by atoms with Crippen LogP contribution >= 0.6 is 0 Å². The predicted molar refractivity (Wildman–Crippen MR) is 188 cm³/mol. The first kappa shape index (κ1) is 31.6. The highest BCUT2D eigenvalue weighted by Gasteiger charge is 2.25. The average Bonchev–Trinajstić information content (AvgIpc) is 3.80. The van der Waals surface area contributed by atoms with E-state index in [-0.39, 0.29) is 11.8 Å². The van der Waals surface area contributed by atoms with Crippen molar-refractivity contribution in [2.45, 2.75) is 6.54 Å². The number of carbonyl (C=O) groups excluding carboxylic acids is 2. The van der Waals surface area contributed by atoms with E-state index in [1.165, 1.54) is 10.5 Å². The molecule has 0 saturated carbocycles. The van der Waals surface area contributed by atoms with Crippen LogP contribution in [0, 0.1) is 0 Å². The zero-order valence-electron chi connectivity index (χ0n) is 27.7. The van der Waals surface area contributed by atoms with Crippen LogP contribution in [0.15, 0.2) is 110 Å². The van der Waals surface area contributed by atoms with E-state index in [0.717, 1.165) is 42.1 Å². The van der Waals surface area contributed by atoms with E-state index in [9.17, 15) is 9.59 Å². The van der Waals surface area contributed by atoms with E-state index in [4.69, 9.17) is 9.47 Å². The lowest BCUT2D eigenvalue weighted by Crippen LogP contribution is -2.48. The highest BCUT2D eigenvalue weighted by Crippen LogP contribution is 2.28. The molecule has 0 N–H and O–H groups in total. The van der Waals surface area contributed by atoms with Crippen molar-refractivity contribution in [1.29, 1.82) is 0 Å². The minimum atomic E-state index is -0.197. The number of benzene rings is 2. The largest absolute Gasteiger partial charge is 0.497 e. The van der Waals surface area contributed by atoms with Gasteiger partial charge in [-0.3, -0.25) is 14.5 Å². The number of rotatable bonds is 9. The highest BCUT2D eigenvalue weighted by molar-refractivity contribution is 6.05. The van der Waals surface area contributed by atoms with Crippen molar-refractivity contribution in [3.63, 3.8) is 0 Å². The van der Waals surface area contributed by atoms with Crippen molar-refractivity contribution < 1.29 is 19.1 Å². The Morgan fingerprint density at radius 1 is 0.837 bits per heavy atom. The van der Waals surface area contributed by atoms with Crippen molar-refractivity contribution in [3.8, 4) is 23.2 Å². The van der Waals surface area contributed by atoms with Gasteiger partial charge in [-0.15, -0.1) is 0 Å². The van der Waals surface area contributed by atoms with Gasteiger partial charge in [0.05, 0.1) is 24.6 Å². The Balaban J connectivity index is 0.965. The van der Waals surface area contributed by atoms with Gasteiger partial charge in [0.2, 0.25) is 5.88 Å². The summed E-state index contributed by atoms with van der Waals surface area (Å²) >= 11 is 0. The van der Waals surface area contributed by atoms with E-state index in [1.54, 1.807) is 44.8 Å². The summed E-state index contributed by atoms with van der Waals surface area (Å²) in [7, 11) is 5.29. The summed E-state index contributed by atoms with van der Waals surface area (Å²) in [6.45, 7) is 3.82. The number of carbonyl (C=O) groups is 2. The molecule has 4 aromatic heterocycles. The SMILES string of the molecule is COc1ccc(CN2CCN(C(=O)c3cc4cc(Oc5ccc(N(C)C(=O)c6ccc(-n7cccc7)nc6)cn5)ccc4n3C)CC2)cc1. The van der Waals surface area contributed by atoms with Crippen LogP contribution < -0.4 is 14.4 Å². The topological polar surface area (TPSA) is 98.0 Å². The van der Waals surface area contributed by atoms with Gasteiger partial charge in [-0.25, -0.2) is 9.97 Å². The van der Waals surface area contributed by atoms with E-state index in [0.29, 0.717) is 41.7 Å². The van der Waals surface area contributed by atoms with Gasteiger partial charge < -0.3 is 28.4 Å². The molecule has 1 aliphatic rings. The monoisotopic (exact) mass is 655 g/mol. The Bertz CT molecular complexity index is 2060. The lowest BCUT2D eigenvalue weighted by atomic mass is 10.2. The van der Waals surface area contributed by atoms with Crippen LogP contribution in [-0.4, -0.2) is 81.1 Å². The van der Waals surface area contributed by atoms with E-state index < -0.39 is 0 Å². The van der Waals surface area contributed by atoms with Crippen LogP contribution in [0.5, 0.6) is 17.4 Å². The zero-order chi connectivity index (χ0) is 33.9. The smallest absolute Gasteiger partial charge is 0.270 e. The number of fused-ring (bicyclic) bond motifs is 1. The van der Waals surface area contributed by atoms with Crippen LogP contribution in [0.2, 0.25) is 0 Å². The van der Waals surface area contributed by atoms with Crippen molar-refractivity contribution in [3.05, 3.63) is 127 Å². The minimum absolute atomic E-state index is 0.0220. The molecule has 0 radical (unpaired) electrons. The normalized spacial score (nSPS) is 13.4. The summed E-state index contributed by atoms with van der Waals surface area (Å²) in [6, 6.07) is 26.7. The summed E-state index contributed by atoms with van der Waals surface area (Å²) in [4.78, 5) is 41.4. The van der Waals surface area contributed by atoms with E-state index in [2.05, 4.69) is 27.0 Å². The fraction of sp³-hybridized carbons (Fsp3) is 0.211. The third-order valence-electron chi connectivity index (χ3n) is 8.96. The number of ether oxygens (including phenoxy) is 2. The van der Waals surface area contributed by atoms with Crippen molar-refractivity contribution in [2.75, 3.05) is 45.2 Å². The number of methoxy groups -OCH3 is 1. The molecular formula is C38H37N7O4. The Morgan fingerprint density at radius 3 is 2.27 bits per heavy atom. The summed E-state index contributed by atoms with van der Waals surface area (Å²) in [5.74, 6) is 2.40. The standard InChI is InChI=1S/C38H37N7O4/c1-41(37(46)28-8-14-35(39-24-28)44-16-4-5-17-44)30-9-15-36(40-25-30)49-32-12-13-33-29(22-32)23-34(42(33)2)38(47)45-20-18-43(19-21-45)26-27-6-10-31(48-3)11-7-27/h4-17,22-25H,18-21,26H2,1-3H3. The molecule has 1 aliphatic heterocycles. The molecule has 6 aromatic rings. The van der Waals surface area contributed by atoms with Crippen molar-refractivity contribution >= 4 is 28.4 Å². The van der Waals surface area contributed by atoms with Gasteiger partial charge in [0.1, 0.15) is 23.0 Å². The van der Waals surface area contributed by atoms with Crippen LogP contribution in [0.4, 0.5) is 5.69 Å². The molecule has 0 atom stereocenters. The maximum absolute atomic E-state index is 13.6. The Morgan fingerprint density at radius 2 is 1.59 bits per heavy atom. The fourth-order valence-electron chi connectivity index (χ4n) is 6.07. The van der Waals surface area contributed by atoms with Gasteiger partial charge in [0.25, 0.3) is 11.8 Å². The van der Waals surface area contributed by atoms with E-state index in [1.807, 2.05) is 88.1 Å². The lowest BCUT2D eigenvalue weighted by Gasteiger charge is -2.34. The maximum atomic E-state index is 13.6. The predicted octanol–water partition coefficient (Wildman–Crippen LogP) is 5.79. The second kappa shape index (κ2) is 13.7. The van der Waals surface area contributed by atoms with Crippen LogP contribution in [0.3, 0.4) is 0 Å². The van der Waals surface area contributed by atoms with Crippen molar-refractivity contribution in [1.82, 2.24) is 28.9 Å². The molecule has 1 saturated heterocycles. The van der Waals surface area contributed by atoms with Crippen LogP contribution in [0.1, 0.15) is 26.4 Å².